The van der Waals surface area contributed by atoms with E-state index in [9.17, 15) is 9.50 Å². The van der Waals surface area contributed by atoms with Gasteiger partial charge in [-0.1, -0.05) is 12.1 Å². The summed E-state index contributed by atoms with van der Waals surface area (Å²) in [5.74, 6) is 0.285. The first-order chi connectivity index (χ1) is 8.19. The summed E-state index contributed by atoms with van der Waals surface area (Å²) in [6.07, 6.45) is 1.33. The molecular weight excluding hydrogens is 221 g/mol. The van der Waals surface area contributed by atoms with E-state index in [0.29, 0.717) is 18.5 Å². The van der Waals surface area contributed by atoms with Gasteiger partial charge in [0, 0.05) is 12.6 Å². The maximum atomic E-state index is 12.7. The first-order valence-corrected chi connectivity index (χ1v) is 5.97. The minimum atomic E-state index is -0.681. The Kier molecular flexibility index (Phi) is 4.10. The average molecular weight is 239 g/mol. The fourth-order valence-electron chi connectivity index (χ4n) is 2.16. The number of halogens is 1. The third-order valence-corrected chi connectivity index (χ3v) is 3.33. The molecule has 1 aromatic rings. The highest BCUT2D eigenvalue weighted by molar-refractivity contribution is 5.23. The number of rotatable bonds is 5. The maximum Gasteiger partial charge on any atom is 0.123 e. The lowest BCUT2D eigenvalue weighted by Crippen LogP contribution is -2.44. The molecule has 94 valence electrons. The van der Waals surface area contributed by atoms with E-state index < -0.39 is 6.10 Å². The molecule has 0 bridgehead atoms. The van der Waals surface area contributed by atoms with Crippen molar-refractivity contribution in [3.8, 4) is 0 Å². The van der Waals surface area contributed by atoms with Crippen molar-refractivity contribution < 1.29 is 14.6 Å². The Morgan fingerprint density at radius 2 is 1.94 bits per heavy atom. The van der Waals surface area contributed by atoms with E-state index in [-0.39, 0.29) is 12.4 Å². The molecule has 0 radical (unpaired) electrons. The largest absolute Gasteiger partial charge is 0.394 e. The monoisotopic (exact) mass is 239 g/mol. The second-order valence-electron chi connectivity index (χ2n) is 4.66. The summed E-state index contributed by atoms with van der Waals surface area (Å²) in [4.78, 5) is 0. The Balaban J connectivity index is 1.73. The zero-order valence-corrected chi connectivity index (χ0v) is 9.64. The lowest BCUT2D eigenvalue weighted by Gasteiger charge is -2.36. The van der Waals surface area contributed by atoms with Gasteiger partial charge in [0.1, 0.15) is 5.82 Å². The molecule has 1 fully saturated rings. The molecule has 0 aliphatic heterocycles. The molecule has 3 nitrogen and oxygen atoms in total. The molecule has 0 spiro atoms. The molecule has 3 N–H and O–H groups in total. The van der Waals surface area contributed by atoms with Gasteiger partial charge < -0.3 is 15.5 Å². The van der Waals surface area contributed by atoms with E-state index in [2.05, 4.69) is 5.32 Å². The highest BCUT2D eigenvalue weighted by Gasteiger charge is 2.29. The fraction of sp³-hybridized carbons (Fsp3) is 0.538. The molecular formula is C13H18FNO2. The molecule has 1 unspecified atom stereocenters. The van der Waals surface area contributed by atoms with Crippen LogP contribution in [0.1, 0.15) is 24.3 Å². The van der Waals surface area contributed by atoms with Crippen LogP contribution in [0.2, 0.25) is 0 Å². The molecule has 4 heteroatoms. The quantitative estimate of drug-likeness (QED) is 0.719. The van der Waals surface area contributed by atoms with Gasteiger partial charge in [0.2, 0.25) is 0 Å². The Morgan fingerprint density at radius 3 is 2.53 bits per heavy atom. The van der Waals surface area contributed by atoms with Gasteiger partial charge in [0.25, 0.3) is 0 Å². The van der Waals surface area contributed by atoms with E-state index in [1.807, 2.05) is 12.1 Å². The van der Waals surface area contributed by atoms with Gasteiger partial charge in [-0.2, -0.15) is 0 Å². The third-order valence-electron chi connectivity index (χ3n) is 3.33. The van der Waals surface area contributed by atoms with Gasteiger partial charge in [-0.15, -0.1) is 0 Å². The summed E-state index contributed by atoms with van der Waals surface area (Å²) in [6.45, 7) is 0.221. The summed E-state index contributed by atoms with van der Waals surface area (Å²) < 4.78 is 12.7. The smallest absolute Gasteiger partial charge is 0.123 e. The van der Waals surface area contributed by atoms with Crippen LogP contribution >= 0.6 is 0 Å². The van der Waals surface area contributed by atoms with Crippen molar-refractivity contribution in [2.75, 3.05) is 13.2 Å². The second kappa shape index (κ2) is 5.58. The zero-order valence-electron chi connectivity index (χ0n) is 9.64. The predicted molar refractivity (Wildman–Crippen MR) is 63.3 cm³/mol. The normalized spacial score (nSPS) is 25.4. The Morgan fingerprint density at radius 1 is 1.29 bits per heavy atom. The van der Waals surface area contributed by atoms with Crippen LogP contribution in [-0.4, -0.2) is 35.5 Å². The van der Waals surface area contributed by atoms with Crippen LogP contribution in [0.5, 0.6) is 0 Å². The minimum Gasteiger partial charge on any atom is -0.394 e. The van der Waals surface area contributed by atoms with Crippen molar-refractivity contribution in [2.45, 2.75) is 30.9 Å². The van der Waals surface area contributed by atoms with E-state index >= 15 is 0 Å². The number of aliphatic hydroxyl groups excluding tert-OH is 2. The molecule has 1 atom stereocenters. The van der Waals surface area contributed by atoms with E-state index in [1.54, 1.807) is 0 Å². The van der Waals surface area contributed by atoms with Crippen molar-refractivity contribution in [1.82, 2.24) is 5.32 Å². The van der Waals surface area contributed by atoms with Gasteiger partial charge >= 0.3 is 0 Å². The van der Waals surface area contributed by atoms with Crippen molar-refractivity contribution in [1.29, 1.82) is 0 Å². The molecule has 0 heterocycles. The summed E-state index contributed by atoms with van der Waals surface area (Å²) in [5, 5.41) is 21.1. The Labute approximate surface area is 100 Å². The van der Waals surface area contributed by atoms with Crippen LogP contribution in [0.3, 0.4) is 0 Å². The van der Waals surface area contributed by atoms with Gasteiger partial charge in [-0.3, -0.25) is 0 Å². The third kappa shape index (κ3) is 3.25. The standard InChI is InChI=1S/C13H18FNO2/c14-11-3-1-9(2-4-11)10-5-12(6-10)15-7-13(17)8-16/h1-4,10,12-13,15-17H,5-8H2. The first kappa shape index (κ1) is 12.5. The number of aliphatic hydroxyl groups is 2. The number of hydrogen-bond acceptors (Lipinski definition) is 3. The van der Waals surface area contributed by atoms with E-state index in [1.165, 1.54) is 17.7 Å². The van der Waals surface area contributed by atoms with Crippen LogP contribution in [0.25, 0.3) is 0 Å². The Hall–Kier alpha value is -0.970. The zero-order chi connectivity index (χ0) is 12.3. The predicted octanol–water partition coefficient (Wildman–Crippen LogP) is 1.01. The van der Waals surface area contributed by atoms with Gasteiger partial charge in [-0.05, 0) is 36.5 Å². The van der Waals surface area contributed by atoms with Crippen molar-refractivity contribution in [2.24, 2.45) is 0 Å². The van der Waals surface area contributed by atoms with Gasteiger partial charge in [-0.25, -0.2) is 4.39 Å². The topological polar surface area (TPSA) is 52.5 Å². The molecule has 0 saturated heterocycles. The number of hydrogen-bond donors (Lipinski definition) is 3. The van der Waals surface area contributed by atoms with Gasteiger partial charge in [0.15, 0.2) is 0 Å². The maximum absolute atomic E-state index is 12.7. The van der Waals surface area contributed by atoms with Crippen LogP contribution in [-0.2, 0) is 0 Å². The lowest BCUT2D eigenvalue weighted by atomic mass is 9.76. The molecule has 1 saturated carbocycles. The lowest BCUT2D eigenvalue weighted by molar-refractivity contribution is 0.0872. The number of benzene rings is 1. The molecule has 0 aromatic heterocycles. The van der Waals surface area contributed by atoms with Crippen LogP contribution < -0.4 is 5.32 Å². The first-order valence-electron chi connectivity index (χ1n) is 5.97. The molecule has 2 rings (SSSR count). The SMILES string of the molecule is OCC(O)CNC1CC(c2ccc(F)cc2)C1. The summed E-state index contributed by atoms with van der Waals surface area (Å²) in [6, 6.07) is 7.04. The van der Waals surface area contributed by atoms with Crippen LogP contribution in [0.15, 0.2) is 24.3 Å². The highest BCUT2D eigenvalue weighted by atomic mass is 19.1. The van der Waals surface area contributed by atoms with Crippen molar-refractivity contribution in [3.63, 3.8) is 0 Å². The van der Waals surface area contributed by atoms with Gasteiger partial charge in [0.05, 0.1) is 12.7 Å². The summed E-state index contributed by atoms with van der Waals surface area (Å²) in [5.41, 5.74) is 1.17. The average Bonchev–Trinajstić information content (AvgIpc) is 2.29. The molecule has 0 amide bonds. The second-order valence-corrected chi connectivity index (χ2v) is 4.66. The molecule has 1 aliphatic rings. The fourth-order valence-corrected chi connectivity index (χ4v) is 2.16. The number of nitrogens with one attached hydrogen (secondary N) is 1. The summed E-state index contributed by atoms with van der Waals surface area (Å²) in [7, 11) is 0. The van der Waals surface area contributed by atoms with E-state index in [4.69, 9.17) is 5.11 Å². The van der Waals surface area contributed by atoms with Crippen LogP contribution in [0, 0.1) is 5.82 Å². The molecule has 1 aromatic carbocycles. The highest BCUT2D eigenvalue weighted by Crippen LogP contribution is 2.36. The van der Waals surface area contributed by atoms with E-state index in [0.717, 1.165) is 12.8 Å². The minimum absolute atomic E-state index is 0.200. The Bertz CT molecular complexity index is 349. The van der Waals surface area contributed by atoms with Crippen molar-refractivity contribution >= 4 is 0 Å². The molecule has 1 aliphatic carbocycles. The summed E-state index contributed by atoms with van der Waals surface area (Å²) >= 11 is 0. The van der Waals surface area contributed by atoms with Crippen molar-refractivity contribution in [3.05, 3.63) is 35.6 Å². The molecule has 17 heavy (non-hydrogen) atoms. The van der Waals surface area contributed by atoms with Crippen LogP contribution in [0.4, 0.5) is 4.39 Å².